The number of aromatic nitrogens is 1. The van der Waals surface area contributed by atoms with Crippen molar-refractivity contribution >= 4 is 0 Å². The van der Waals surface area contributed by atoms with E-state index in [1.54, 1.807) is 6.20 Å². The molecule has 2 fully saturated rings. The summed E-state index contributed by atoms with van der Waals surface area (Å²) < 4.78 is 5.79. The Bertz CT molecular complexity index is 434. The smallest absolute Gasteiger partial charge is 0.137 e. The van der Waals surface area contributed by atoms with Gasteiger partial charge < -0.3 is 15.2 Å². The molecule has 0 amide bonds. The van der Waals surface area contributed by atoms with Crippen molar-refractivity contribution < 1.29 is 9.84 Å². The van der Waals surface area contributed by atoms with Gasteiger partial charge in [0.25, 0.3) is 0 Å². The van der Waals surface area contributed by atoms with Crippen molar-refractivity contribution in [3.63, 3.8) is 0 Å². The minimum atomic E-state index is 0.323. The summed E-state index contributed by atoms with van der Waals surface area (Å²) in [5.74, 6) is 2.49. The number of pyridine rings is 1. The fourth-order valence-electron chi connectivity index (χ4n) is 2.91. The molecule has 2 N–H and O–H groups in total. The fourth-order valence-corrected chi connectivity index (χ4v) is 2.91. The number of ether oxygens (including phenoxy) is 1. The second-order valence-electron chi connectivity index (χ2n) is 6.11. The van der Waals surface area contributed by atoms with Gasteiger partial charge in [0.05, 0.1) is 6.20 Å². The van der Waals surface area contributed by atoms with Gasteiger partial charge in [-0.3, -0.25) is 4.98 Å². The Morgan fingerprint density at radius 2 is 2.25 bits per heavy atom. The van der Waals surface area contributed by atoms with E-state index in [9.17, 15) is 0 Å². The molecule has 1 aromatic heterocycles. The van der Waals surface area contributed by atoms with Gasteiger partial charge in [-0.1, -0.05) is 0 Å². The van der Waals surface area contributed by atoms with Gasteiger partial charge in [0.15, 0.2) is 0 Å². The van der Waals surface area contributed by atoms with Gasteiger partial charge in [0, 0.05) is 18.8 Å². The average Bonchev–Trinajstić information content (AvgIpc) is 3.13. The molecule has 4 nitrogen and oxygen atoms in total. The summed E-state index contributed by atoms with van der Waals surface area (Å²) in [6.07, 6.45) is 9.48. The Balaban J connectivity index is 1.45. The van der Waals surface area contributed by atoms with Crippen LogP contribution >= 0.6 is 0 Å². The van der Waals surface area contributed by atoms with Crippen LogP contribution in [-0.2, 0) is 6.42 Å². The third-order valence-corrected chi connectivity index (χ3v) is 4.45. The molecule has 20 heavy (non-hydrogen) atoms. The zero-order chi connectivity index (χ0) is 13.8. The first-order valence-electron chi connectivity index (χ1n) is 7.76. The molecule has 3 atom stereocenters. The molecule has 2 aliphatic rings. The minimum absolute atomic E-state index is 0.323. The Morgan fingerprint density at radius 3 is 3.00 bits per heavy atom. The van der Waals surface area contributed by atoms with E-state index in [1.165, 1.54) is 18.4 Å². The quantitative estimate of drug-likeness (QED) is 0.760. The topological polar surface area (TPSA) is 54.4 Å². The van der Waals surface area contributed by atoms with Gasteiger partial charge in [-0.05, 0) is 62.1 Å². The van der Waals surface area contributed by atoms with E-state index in [2.05, 4.69) is 16.4 Å². The molecule has 4 heteroatoms. The van der Waals surface area contributed by atoms with Gasteiger partial charge in [-0.2, -0.15) is 0 Å². The summed E-state index contributed by atoms with van der Waals surface area (Å²) >= 11 is 0. The SMILES string of the molecule is OCCC[C@H]1C[C@@H]1Cc1cncc(OC[C@@H]2CCN2)c1. The first-order valence-corrected chi connectivity index (χ1v) is 7.76. The second kappa shape index (κ2) is 6.55. The molecular formula is C16H24N2O2. The van der Waals surface area contributed by atoms with Gasteiger partial charge >= 0.3 is 0 Å². The summed E-state index contributed by atoms with van der Waals surface area (Å²) in [6, 6.07) is 2.65. The van der Waals surface area contributed by atoms with Crippen molar-refractivity contribution in [1.82, 2.24) is 10.3 Å². The zero-order valence-electron chi connectivity index (χ0n) is 11.9. The minimum Gasteiger partial charge on any atom is -0.490 e. The maximum Gasteiger partial charge on any atom is 0.137 e. The van der Waals surface area contributed by atoms with Crippen molar-refractivity contribution in [2.24, 2.45) is 11.8 Å². The van der Waals surface area contributed by atoms with Gasteiger partial charge in [-0.25, -0.2) is 0 Å². The van der Waals surface area contributed by atoms with Gasteiger partial charge in [0.1, 0.15) is 12.4 Å². The van der Waals surface area contributed by atoms with Crippen molar-refractivity contribution in [1.29, 1.82) is 0 Å². The van der Waals surface area contributed by atoms with Crippen LogP contribution in [0.5, 0.6) is 5.75 Å². The number of hydrogen-bond acceptors (Lipinski definition) is 4. The molecule has 0 unspecified atom stereocenters. The number of nitrogens with one attached hydrogen (secondary N) is 1. The van der Waals surface area contributed by atoms with Crippen LogP contribution in [-0.4, -0.2) is 35.9 Å². The van der Waals surface area contributed by atoms with E-state index in [1.807, 2.05) is 6.20 Å². The maximum atomic E-state index is 8.85. The summed E-state index contributed by atoms with van der Waals surface area (Å²) in [4.78, 5) is 4.29. The molecule has 0 aromatic carbocycles. The molecule has 1 aliphatic carbocycles. The number of aliphatic hydroxyl groups is 1. The molecule has 2 heterocycles. The Kier molecular flexibility index (Phi) is 4.53. The molecule has 1 aromatic rings. The highest BCUT2D eigenvalue weighted by Crippen LogP contribution is 2.44. The van der Waals surface area contributed by atoms with Gasteiger partial charge in [0.2, 0.25) is 0 Å². The Morgan fingerprint density at radius 1 is 1.35 bits per heavy atom. The van der Waals surface area contributed by atoms with E-state index in [0.29, 0.717) is 12.6 Å². The lowest BCUT2D eigenvalue weighted by Gasteiger charge is -2.27. The Hall–Kier alpha value is -1.13. The van der Waals surface area contributed by atoms with E-state index >= 15 is 0 Å². The third kappa shape index (κ3) is 3.70. The average molecular weight is 276 g/mol. The number of rotatable bonds is 8. The van der Waals surface area contributed by atoms with E-state index < -0.39 is 0 Å². The first-order chi connectivity index (χ1) is 9.85. The molecule has 1 saturated heterocycles. The predicted octanol–water partition coefficient (Wildman–Crippen LogP) is 1.77. The van der Waals surface area contributed by atoms with Crippen LogP contribution in [0, 0.1) is 11.8 Å². The molecule has 3 rings (SSSR count). The summed E-state index contributed by atoms with van der Waals surface area (Å²) in [5, 5.41) is 12.2. The molecule has 110 valence electrons. The van der Waals surface area contributed by atoms with Crippen molar-refractivity contribution in [2.75, 3.05) is 19.8 Å². The van der Waals surface area contributed by atoms with Crippen LogP contribution in [0.2, 0.25) is 0 Å². The van der Waals surface area contributed by atoms with E-state index in [0.717, 1.165) is 50.0 Å². The van der Waals surface area contributed by atoms with Crippen LogP contribution in [0.4, 0.5) is 0 Å². The van der Waals surface area contributed by atoms with Crippen molar-refractivity contribution in [3.05, 3.63) is 24.0 Å². The second-order valence-corrected chi connectivity index (χ2v) is 6.11. The highest BCUT2D eigenvalue weighted by molar-refractivity contribution is 5.24. The highest BCUT2D eigenvalue weighted by Gasteiger charge is 2.35. The number of hydrogen-bond donors (Lipinski definition) is 2. The number of aliphatic hydroxyl groups excluding tert-OH is 1. The van der Waals surface area contributed by atoms with Crippen LogP contribution in [0.25, 0.3) is 0 Å². The van der Waals surface area contributed by atoms with Crippen molar-refractivity contribution in [3.8, 4) is 5.75 Å². The van der Waals surface area contributed by atoms with E-state index in [4.69, 9.17) is 9.84 Å². The Labute approximate surface area is 120 Å². The standard InChI is InChI=1S/C16H24N2O2/c19-5-1-2-13-8-14(13)6-12-7-16(10-17-9-12)20-11-15-3-4-18-15/h7,9-10,13-15,18-19H,1-6,8,11H2/t13-,14-,15-/m0/s1. The molecular weight excluding hydrogens is 252 g/mol. The third-order valence-electron chi connectivity index (χ3n) is 4.45. The molecule has 0 bridgehead atoms. The summed E-state index contributed by atoms with van der Waals surface area (Å²) in [5.41, 5.74) is 1.28. The predicted molar refractivity (Wildman–Crippen MR) is 77.8 cm³/mol. The van der Waals surface area contributed by atoms with Gasteiger partial charge in [-0.15, -0.1) is 0 Å². The molecule has 1 saturated carbocycles. The molecule has 1 aliphatic heterocycles. The maximum absolute atomic E-state index is 8.85. The lowest BCUT2D eigenvalue weighted by molar-refractivity contribution is 0.216. The monoisotopic (exact) mass is 276 g/mol. The van der Waals surface area contributed by atoms with Crippen LogP contribution < -0.4 is 10.1 Å². The zero-order valence-corrected chi connectivity index (χ0v) is 11.9. The highest BCUT2D eigenvalue weighted by atomic mass is 16.5. The van der Waals surface area contributed by atoms with Crippen LogP contribution in [0.1, 0.15) is 31.2 Å². The normalized spacial score (nSPS) is 27.9. The fraction of sp³-hybridized carbons (Fsp3) is 0.688. The number of nitrogens with zero attached hydrogens (tertiary/aromatic N) is 1. The summed E-state index contributed by atoms with van der Waals surface area (Å²) in [6.45, 7) is 2.18. The molecule has 0 spiro atoms. The molecule has 0 radical (unpaired) electrons. The largest absolute Gasteiger partial charge is 0.490 e. The first kappa shape index (κ1) is 13.8. The van der Waals surface area contributed by atoms with Crippen LogP contribution in [0.15, 0.2) is 18.5 Å². The van der Waals surface area contributed by atoms with Crippen LogP contribution in [0.3, 0.4) is 0 Å². The lowest BCUT2D eigenvalue weighted by atomic mass is 10.1. The van der Waals surface area contributed by atoms with Crippen molar-refractivity contribution in [2.45, 2.75) is 38.1 Å². The van der Waals surface area contributed by atoms with E-state index in [-0.39, 0.29) is 0 Å². The summed E-state index contributed by atoms with van der Waals surface area (Å²) in [7, 11) is 0. The lowest BCUT2D eigenvalue weighted by Crippen LogP contribution is -2.46.